The number of halogens is 1. The first-order chi connectivity index (χ1) is 7.81. The molecule has 0 amide bonds. The van der Waals surface area contributed by atoms with Crippen LogP contribution in [-0.4, -0.2) is 21.7 Å². The lowest BCUT2D eigenvalue weighted by Crippen LogP contribution is -2.01. The largest absolute Gasteiger partial charge is 0.330 e. The van der Waals surface area contributed by atoms with Crippen molar-refractivity contribution in [1.29, 1.82) is 0 Å². The van der Waals surface area contributed by atoms with Crippen LogP contribution in [0.5, 0.6) is 0 Å². The quantitative estimate of drug-likeness (QED) is 0.820. The molecule has 0 bridgehead atoms. The predicted molar refractivity (Wildman–Crippen MR) is 59.2 cm³/mol. The SMILES string of the molecule is NCCCc1nc(-c2ccccc2F)n[nH]1. The first-order valence-corrected chi connectivity index (χ1v) is 5.17. The van der Waals surface area contributed by atoms with Gasteiger partial charge in [0.25, 0.3) is 0 Å². The van der Waals surface area contributed by atoms with E-state index in [4.69, 9.17) is 5.73 Å². The van der Waals surface area contributed by atoms with Crippen molar-refractivity contribution in [1.82, 2.24) is 15.2 Å². The summed E-state index contributed by atoms with van der Waals surface area (Å²) < 4.78 is 13.4. The van der Waals surface area contributed by atoms with E-state index in [1.54, 1.807) is 18.2 Å². The Labute approximate surface area is 92.7 Å². The summed E-state index contributed by atoms with van der Waals surface area (Å²) in [6, 6.07) is 6.45. The summed E-state index contributed by atoms with van der Waals surface area (Å²) in [6.07, 6.45) is 1.57. The summed E-state index contributed by atoms with van der Waals surface area (Å²) in [5, 5.41) is 6.77. The molecule has 0 radical (unpaired) electrons. The van der Waals surface area contributed by atoms with Crippen LogP contribution >= 0.6 is 0 Å². The van der Waals surface area contributed by atoms with Crippen LogP contribution in [0.3, 0.4) is 0 Å². The molecule has 0 aliphatic carbocycles. The lowest BCUT2D eigenvalue weighted by molar-refractivity contribution is 0.630. The zero-order chi connectivity index (χ0) is 11.4. The van der Waals surface area contributed by atoms with Crippen LogP contribution in [0.15, 0.2) is 24.3 Å². The minimum atomic E-state index is -0.313. The second-order valence-electron chi connectivity index (χ2n) is 3.48. The van der Waals surface area contributed by atoms with E-state index in [0.29, 0.717) is 17.9 Å². The molecule has 2 rings (SSSR count). The van der Waals surface area contributed by atoms with E-state index in [1.165, 1.54) is 6.07 Å². The maximum Gasteiger partial charge on any atom is 0.184 e. The van der Waals surface area contributed by atoms with E-state index in [-0.39, 0.29) is 5.82 Å². The normalized spacial score (nSPS) is 10.6. The molecule has 0 saturated carbocycles. The second-order valence-corrected chi connectivity index (χ2v) is 3.48. The van der Waals surface area contributed by atoms with Gasteiger partial charge in [0.05, 0.1) is 5.56 Å². The molecule has 0 aliphatic heterocycles. The van der Waals surface area contributed by atoms with Crippen LogP contribution in [0, 0.1) is 5.82 Å². The van der Waals surface area contributed by atoms with E-state index >= 15 is 0 Å². The Hall–Kier alpha value is -1.75. The van der Waals surface area contributed by atoms with Gasteiger partial charge in [-0.05, 0) is 25.1 Å². The molecule has 1 heterocycles. The molecule has 1 aromatic heterocycles. The highest BCUT2D eigenvalue weighted by Gasteiger charge is 2.09. The van der Waals surface area contributed by atoms with Crippen LogP contribution in [0.25, 0.3) is 11.4 Å². The first-order valence-electron chi connectivity index (χ1n) is 5.17. The Kier molecular flexibility index (Phi) is 3.26. The van der Waals surface area contributed by atoms with E-state index in [0.717, 1.165) is 18.7 Å². The van der Waals surface area contributed by atoms with Crippen molar-refractivity contribution in [3.63, 3.8) is 0 Å². The lowest BCUT2D eigenvalue weighted by atomic mass is 10.2. The van der Waals surface area contributed by atoms with E-state index < -0.39 is 0 Å². The molecule has 2 aromatic rings. The average Bonchev–Trinajstić information content (AvgIpc) is 2.75. The highest BCUT2D eigenvalue weighted by atomic mass is 19.1. The van der Waals surface area contributed by atoms with Crippen molar-refractivity contribution in [3.05, 3.63) is 35.9 Å². The molecular weight excluding hydrogens is 207 g/mol. The van der Waals surface area contributed by atoms with Gasteiger partial charge in [0.2, 0.25) is 0 Å². The van der Waals surface area contributed by atoms with Gasteiger partial charge in [-0.1, -0.05) is 12.1 Å². The number of hydrogen-bond donors (Lipinski definition) is 2. The van der Waals surface area contributed by atoms with Crippen molar-refractivity contribution >= 4 is 0 Å². The molecule has 5 heteroatoms. The van der Waals surface area contributed by atoms with Crippen molar-refractivity contribution in [2.45, 2.75) is 12.8 Å². The molecule has 0 fully saturated rings. The fourth-order valence-electron chi connectivity index (χ4n) is 1.44. The van der Waals surface area contributed by atoms with Crippen LogP contribution < -0.4 is 5.73 Å². The predicted octanol–water partition coefficient (Wildman–Crippen LogP) is 1.50. The minimum Gasteiger partial charge on any atom is -0.330 e. The third kappa shape index (κ3) is 2.25. The fourth-order valence-corrected chi connectivity index (χ4v) is 1.44. The lowest BCUT2D eigenvalue weighted by Gasteiger charge is -1.95. The molecule has 0 spiro atoms. The highest BCUT2D eigenvalue weighted by molar-refractivity contribution is 5.55. The average molecular weight is 220 g/mol. The van der Waals surface area contributed by atoms with Gasteiger partial charge in [-0.15, -0.1) is 0 Å². The number of H-pyrrole nitrogens is 1. The van der Waals surface area contributed by atoms with Crippen LogP contribution in [0.4, 0.5) is 4.39 Å². The second kappa shape index (κ2) is 4.85. The standard InChI is InChI=1S/C11H13FN4/c12-9-5-2-1-4-8(9)11-14-10(15-16-11)6-3-7-13/h1-2,4-5H,3,6-7,13H2,(H,14,15,16). The van der Waals surface area contributed by atoms with Gasteiger partial charge in [0, 0.05) is 6.42 Å². The molecule has 1 aromatic carbocycles. The third-order valence-electron chi connectivity index (χ3n) is 2.26. The summed E-state index contributed by atoms with van der Waals surface area (Å²) in [5.41, 5.74) is 5.81. The Morgan fingerprint density at radius 3 is 2.88 bits per heavy atom. The van der Waals surface area contributed by atoms with Gasteiger partial charge in [0.1, 0.15) is 11.6 Å². The van der Waals surface area contributed by atoms with Crippen molar-refractivity contribution in [2.24, 2.45) is 5.73 Å². The van der Waals surface area contributed by atoms with Gasteiger partial charge in [-0.3, -0.25) is 5.10 Å². The van der Waals surface area contributed by atoms with E-state index in [2.05, 4.69) is 15.2 Å². The van der Waals surface area contributed by atoms with Crippen molar-refractivity contribution in [2.75, 3.05) is 6.54 Å². The Morgan fingerprint density at radius 2 is 2.12 bits per heavy atom. The summed E-state index contributed by atoms with van der Waals surface area (Å²) in [6.45, 7) is 0.607. The molecule has 16 heavy (non-hydrogen) atoms. The smallest absolute Gasteiger partial charge is 0.184 e. The van der Waals surface area contributed by atoms with Crippen LogP contribution in [0.2, 0.25) is 0 Å². The van der Waals surface area contributed by atoms with Gasteiger partial charge < -0.3 is 5.73 Å². The van der Waals surface area contributed by atoms with Gasteiger partial charge in [0.15, 0.2) is 5.82 Å². The number of hydrogen-bond acceptors (Lipinski definition) is 3. The highest BCUT2D eigenvalue weighted by Crippen LogP contribution is 2.18. The number of aryl methyl sites for hydroxylation is 1. The number of nitrogens with two attached hydrogens (primary N) is 1. The topological polar surface area (TPSA) is 67.6 Å². The number of aromatic amines is 1. The Morgan fingerprint density at radius 1 is 1.31 bits per heavy atom. The number of nitrogens with zero attached hydrogens (tertiary/aromatic N) is 2. The first kappa shape index (κ1) is 10.8. The molecule has 4 nitrogen and oxygen atoms in total. The molecule has 3 N–H and O–H groups in total. The number of benzene rings is 1. The van der Waals surface area contributed by atoms with Gasteiger partial charge in [-0.25, -0.2) is 9.37 Å². The van der Waals surface area contributed by atoms with Crippen LogP contribution in [-0.2, 0) is 6.42 Å². The Balaban J connectivity index is 2.22. The van der Waals surface area contributed by atoms with Gasteiger partial charge >= 0.3 is 0 Å². The van der Waals surface area contributed by atoms with E-state index in [1.807, 2.05) is 0 Å². The van der Waals surface area contributed by atoms with Crippen molar-refractivity contribution in [3.8, 4) is 11.4 Å². The summed E-state index contributed by atoms with van der Waals surface area (Å²) in [4.78, 5) is 4.22. The molecule has 84 valence electrons. The van der Waals surface area contributed by atoms with Gasteiger partial charge in [-0.2, -0.15) is 5.10 Å². The van der Waals surface area contributed by atoms with Crippen LogP contribution in [0.1, 0.15) is 12.2 Å². The third-order valence-corrected chi connectivity index (χ3v) is 2.26. The zero-order valence-electron chi connectivity index (χ0n) is 8.78. The maximum atomic E-state index is 13.4. The molecule has 0 aliphatic rings. The molecular formula is C11H13FN4. The fraction of sp³-hybridized carbons (Fsp3) is 0.273. The minimum absolute atomic E-state index is 0.313. The number of nitrogens with one attached hydrogen (secondary N) is 1. The summed E-state index contributed by atoms with van der Waals surface area (Å²) >= 11 is 0. The molecule has 0 atom stereocenters. The summed E-state index contributed by atoms with van der Waals surface area (Å²) in [7, 11) is 0. The molecule has 0 saturated heterocycles. The molecule has 0 unspecified atom stereocenters. The zero-order valence-corrected chi connectivity index (χ0v) is 8.78. The van der Waals surface area contributed by atoms with Crippen molar-refractivity contribution < 1.29 is 4.39 Å². The number of aromatic nitrogens is 3. The Bertz CT molecular complexity index is 467. The van der Waals surface area contributed by atoms with E-state index in [9.17, 15) is 4.39 Å². The summed E-state index contributed by atoms with van der Waals surface area (Å²) in [5.74, 6) is 0.820. The monoisotopic (exact) mass is 220 g/mol. The number of rotatable bonds is 4. The maximum absolute atomic E-state index is 13.4.